The first-order valence-corrected chi connectivity index (χ1v) is 11.7. The molecule has 0 amide bonds. The molecule has 2 aliphatic rings. The van der Waals surface area contributed by atoms with E-state index < -0.39 is 25.7 Å². The highest BCUT2D eigenvalue weighted by atomic mass is 35.5. The predicted octanol–water partition coefficient (Wildman–Crippen LogP) is 1.36. The Balaban J connectivity index is 1.65. The number of halogens is 2. The van der Waals surface area contributed by atoms with E-state index in [9.17, 15) is 21.2 Å². The molecule has 2 aliphatic heterocycles. The van der Waals surface area contributed by atoms with E-state index in [-0.39, 0.29) is 27.5 Å². The van der Waals surface area contributed by atoms with Crippen LogP contribution in [0.4, 0.5) is 4.39 Å². The van der Waals surface area contributed by atoms with Gasteiger partial charge in [0.15, 0.2) is 9.84 Å². The van der Waals surface area contributed by atoms with Gasteiger partial charge < -0.3 is 0 Å². The molecule has 1 aromatic rings. The predicted molar refractivity (Wildman–Crippen MR) is 93.4 cm³/mol. The fourth-order valence-corrected chi connectivity index (χ4v) is 6.57. The Morgan fingerprint density at radius 2 is 1.68 bits per heavy atom. The van der Waals surface area contributed by atoms with E-state index in [0.717, 1.165) is 12.1 Å². The molecular weight excluding hydrogens is 391 g/mol. The molecule has 0 aliphatic carbocycles. The van der Waals surface area contributed by atoms with Crippen molar-refractivity contribution in [1.29, 1.82) is 0 Å². The monoisotopic (exact) mass is 410 g/mol. The third-order valence-electron chi connectivity index (χ3n) is 4.83. The Kier molecular flexibility index (Phi) is 5.41. The first-order chi connectivity index (χ1) is 11.7. The summed E-state index contributed by atoms with van der Waals surface area (Å²) in [5.74, 6) is -0.254. The van der Waals surface area contributed by atoms with Gasteiger partial charge in [0, 0.05) is 32.2 Å². The van der Waals surface area contributed by atoms with Crippen LogP contribution in [0, 0.1) is 5.82 Å². The molecule has 3 rings (SSSR count). The fraction of sp³-hybridized carbons (Fsp3) is 0.600. The minimum atomic E-state index is -3.76. The number of piperidine rings is 1. The second kappa shape index (κ2) is 7.11. The van der Waals surface area contributed by atoms with Gasteiger partial charge in [0.1, 0.15) is 10.7 Å². The Morgan fingerprint density at radius 3 is 2.24 bits per heavy atom. The smallest absolute Gasteiger partial charge is 0.244 e. The van der Waals surface area contributed by atoms with Gasteiger partial charge in [-0.15, -0.1) is 0 Å². The molecular formula is C15H20ClFN2O4S2. The lowest BCUT2D eigenvalue weighted by molar-refractivity contribution is 0.149. The summed E-state index contributed by atoms with van der Waals surface area (Å²) in [6.07, 6.45) is 1.27. The Labute approximate surface area is 152 Å². The van der Waals surface area contributed by atoms with Crippen molar-refractivity contribution in [3.8, 4) is 0 Å². The van der Waals surface area contributed by atoms with Gasteiger partial charge >= 0.3 is 0 Å². The SMILES string of the molecule is O=S1(=O)CCN(C2CCN(S(=O)(=O)c3ccc(F)cc3Cl)CC2)CC1. The molecule has 140 valence electrons. The average molecular weight is 411 g/mol. The van der Waals surface area contributed by atoms with Crippen molar-refractivity contribution in [1.82, 2.24) is 9.21 Å². The van der Waals surface area contributed by atoms with Crippen LogP contribution in [0.1, 0.15) is 12.8 Å². The lowest BCUT2D eigenvalue weighted by Gasteiger charge is -2.39. The quantitative estimate of drug-likeness (QED) is 0.752. The lowest BCUT2D eigenvalue weighted by Crippen LogP contribution is -2.51. The van der Waals surface area contributed by atoms with Crippen molar-refractivity contribution in [2.24, 2.45) is 0 Å². The van der Waals surface area contributed by atoms with Gasteiger partial charge in [-0.2, -0.15) is 4.31 Å². The second-order valence-electron chi connectivity index (χ2n) is 6.40. The third kappa shape index (κ3) is 4.16. The van der Waals surface area contributed by atoms with Gasteiger partial charge in [-0.25, -0.2) is 21.2 Å². The molecule has 10 heteroatoms. The van der Waals surface area contributed by atoms with Gasteiger partial charge in [-0.3, -0.25) is 4.90 Å². The number of sulfone groups is 1. The second-order valence-corrected chi connectivity index (χ2v) is 11.0. The summed E-state index contributed by atoms with van der Waals surface area (Å²) >= 11 is 5.90. The largest absolute Gasteiger partial charge is 0.298 e. The Hall–Kier alpha value is -0.740. The van der Waals surface area contributed by atoms with E-state index in [1.54, 1.807) is 0 Å². The molecule has 0 aromatic heterocycles. The molecule has 0 bridgehead atoms. The maximum atomic E-state index is 13.1. The van der Waals surface area contributed by atoms with Gasteiger partial charge in [0.2, 0.25) is 10.0 Å². The van der Waals surface area contributed by atoms with Crippen molar-refractivity contribution in [2.75, 3.05) is 37.7 Å². The normalized spacial score (nSPS) is 23.6. The van der Waals surface area contributed by atoms with Crippen molar-refractivity contribution < 1.29 is 21.2 Å². The third-order valence-corrected chi connectivity index (χ3v) is 8.82. The van der Waals surface area contributed by atoms with Crippen molar-refractivity contribution in [2.45, 2.75) is 23.8 Å². The number of hydrogen-bond donors (Lipinski definition) is 0. The summed E-state index contributed by atoms with van der Waals surface area (Å²) in [5.41, 5.74) is 0. The average Bonchev–Trinajstić information content (AvgIpc) is 2.54. The topological polar surface area (TPSA) is 74.8 Å². The number of nitrogens with zero attached hydrogens (tertiary/aromatic N) is 2. The Morgan fingerprint density at radius 1 is 1.08 bits per heavy atom. The fourth-order valence-electron chi connectivity index (χ4n) is 3.36. The maximum absolute atomic E-state index is 13.1. The molecule has 6 nitrogen and oxygen atoms in total. The number of sulfonamides is 1. The van der Waals surface area contributed by atoms with Crippen LogP contribution >= 0.6 is 11.6 Å². The zero-order chi connectivity index (χ0) is 18.2. The molecule has 0 radical (unpaired) electrons. The van der Waals surface area contributed by atoms with Crippen LogP contribution in [0.2, 0.25) is 5.02 Å². The number of rotatable bonds is 3. The van der Waals surface area contributed by atoms with Crippen LogP contribution in [0.25, 0.3) is 0 Å². The summed E-state index contributed by atoms with van der Waals surface area (Å²) in [4.78, 5) is 2.05. The molecule has 1 aromatic carbocycles. The number of hydrogen-bond acceptors (Lipinski definition) is 5. The molecule has 0 atom stereocenters. The summed E-state index contributed by atoms with van der Waals surface area (Å²) in [7, 11) is -6.69. The molecule has 2 fully saturated rings. The van der Waals surface area contributed by atoms with Crippen molar-refractivity contribution in [3.63, 3.8) is 0 Å². The van der Waals surface area contributed by atoms with Gasteiger partial charge in [0.25, 0.3) is 0 Å². The van der Waals surface area contributed by atoms with Crippen molar-refractivity contribution in [3.05, 3.63) is 29.0 Å². The molecule has 25 heavy (non-hydrogen) atoms. The highest BCUT2D eigenvalue weighted by molar-refractivity contribution is 7.91. The zero-order valence-corrected chi connectivity index (χ0v) is 16.0. The van der Waals surface area contributed by atoms with E-state index >= 15 is 0 Å². The van der Waals surface area contributed by atoms with Crippen LogP contribution in [0.15, 0.2) is 23.1 Å². The van der Waals surface area contributed by atoms with Gasteiger partial charge in [-0.1, -0.05) is 11.6 Å². The standard InChI is InChI=1S/C15H20ClFN2O4S2/c16-14-11-12(17)1-2-15(14)25(22,23)19-5-3-13(4-6-19)18-7-9-24(20,21)10-8-18/h1-2,11,13H,3-10H2. The van der Waals surface area contributed by atoms with E-state index in [2.05, 4.69) is 4.90 Å². The first kappa shape index (κ1) is 19.0. The summed E-state index contributed by atoms with van der Waals surface area (Å²) in [6, 6.07) is 3.45. The van der Waals surface area contributed by atoms with Crippen LogP contribution in [0.3, 0.4) is 0 Å². The molecule has 0 unspecified atom stereocenters. The van der Waals surface area contributed by atoms with E-state index in [0.29, 0.717) is 39.0 Å². The molecule has 0 N–H and O–H groups in total. The molecule has 2 heterocycles. The molecule has 2 saturated heterocycles. The van der Waals surface area contributed by atoms with Gasteiger partial charge in [0.05, 0.1) is 16.5 Å². The van der Waals surface area contributed by atoms with Crippen LogP contribution in [0.5, 0.6) is 0 Å². The summed E-state index contributed by atoms with van der Waals surface area (Å²) in [5, 5.41) is -0.122. The minimum absolute atomic E-state index is 0.0851. The molecule has 0 spiro atoms. The summed E-state index contributed by atoms with van der Waals surface area (Å²) < 4.78 is 63.0. The first-order valence-electron chi connectivity index (χ1n) is 8.09. The lowest BCUT2D eigenvalue weighted by atomic mass is 10.0. The number of benzene rings is 1. The molecule has 0 saturated carbocycles. The van der Waals surface area contributed by atoms with Crippen LogP contribution in [-0.2, 0) is 19.9 Å². The highest BCUT2D eigenvalue weighted by Crippen LogP contribution is 2.28. The Bertz CT molecular complexity index is 838. The van der Waals surface area contributed by atoms with E-state index in [4.69, 9.17) is 11.6 Å². The van der Waals surface area contributed by atoms with E-state index in [1.807, 2.05) is 0 Å². The zero-order valence-electron chi connectivity index (χ0n) is 13.6. The maximum Gasteiger partial charge on any atom is 0.244 e. The van der Waals surface area contributed by atoms with Crippen LogP contribution in [-0.4, -0.2) is 69.8 Å². The minimum Gasteiger partial charge on any atom is -0.298 e. The highest BCUT2D eigenvalue weighted by Gasteiger charge is 2.34. The van der Waals surface area contributed by atoms with Gasteiger partial charge in [-0.05, 0) is 31.0 Å². The summed E-state index contributed by atoms with van der Waals surface area (Å²) in [6.45, 7) is 1.68. The van der Waals surface area contributed by atoms with E-state index in [1.165, 1.54) is 10.4 Å². The van der Waals surface area contributed by atoms with Crippen LogP contribution < -0.4 is 0 Å². The van der Waals surface area contributed by atoms with Crippen molar-refractivity contribution >= 4 is 31.5 Å².